The lowest BCUT2D eigenvalue weighted by Crippen LogP contribution is -2.35. The van der Waals surface area contributed by atoms with Gasteiger partial charge in [0.2, 0.25) is 0 Å². The normalized spacial score (nSPS) is 16.2. The number of carbonyl (C=O) groups is 1. The summed E-state index contributed by atoms with van der Waals surface area (Å²) < 4.78 is 19.0. The van der Waals surface area contributed by atoms with Gasteiger partial charge in [0.05, 0.1) is 5.69 Å². The average molecular weight is 309 g/mol. The number of carbonyl (C=O) groups excluding carboxylic acids is 1. The Morgan fingerprint density at radius 2 is 2.00 bits per heavy atom. The predicted octanol–water partition coefficient (Wildman–Crippen LogP) is 3.34. The van der Waals surface area contributed by atoms with Gasteiger partial charge in [-0.3, -0.25) is 5.32 Å². The molecule has 0 unspecified atom stereocenters. The molecule has 0 aliphatic carbocycles. The number of hydrogen-bond acceptors (Lipinski definition) is 4. The van der Waals surface area contributed by atoms with Crippen molar-refractivity contribution >= 4 is 17.5 Å². The Hall–Kier alpha value is -1.82. The minimum atomic E-state index is -0.662. The van der Waals surface area contributed by atoms with Gasteiger partial charge < -0.3 is 15.4 Å². The van der Waals surface area contributed by atoms with Crippen LogP contribution in [0.3, 0.4) is 0 Å². The zero-order chi connectivity index (χ0) is 16.2. The molecule has 1 aliphatic heterocycles. The first-order chi connectivity index (χ1) is 10.3. The first kappa shape index (κ1) is 16.5. The molecule has 1 amide bonds. The van der Waals surface area contributed by atoms with Gasteiger partial charge in [-0.25, -0.2) is 9.18 Å². The Balaban J connectivity index is 2.01. The molecular weight excluding hydrogens is 285 g/mol. The van der Waals surface area contributed by atoms with Crippen LogP contribution in [0.1, 0.15) is 33.6 Å². The number of benzene rings is 1. The molecule has 1 aromatic carbocycles. The Labute approximate surface area is 130 Å². The van der Waals surface area contributed by atoms with Gasteiger partial charge in [0.15, 0.2) is 0 Å². The summed E-state index contributed by atoms with van der Waals surface area (Å²) in [4.78, 5) is 11.8. The molecule has 0 saturated carbocycles. The average Bonchev–Trinajstić information content (AvgIpc) is 2.41. The van der Waals surface area contributed by atoms with Crippen molar-refractivity contribution in [1.29, 1.82) is 0 Å². The molecule has 0 aromatic heterocycles. The predicted molar refractivity (Wildman–Crippen MR) is 85.8 cm³/mol. The summed E-state index contributed by atoms with van der Waals surface area (Å²) in [5, 5.41) is 9.12. The highest BCUT2D eigenvalue weighted by atomic mass is 19.1. The Kier molecular flexibility index (Phi) is 5.24. The lowest BCUT2D eigenvalue weighted by molar-refractivity contribution is 0.0635. The first-order valence-electron chi connectivity index (χ1n) is 7.60. The molecule has 1 saturated heterocycles. The lowest BCUT2D eigenvalue weighted by atomic mass is 10.1. The van der Waals surface area contributed by atoms with Crippen molar-refractivity contribution in [2.24, 2.45) is 0 Å². The molecule has 0 radical (unpaired) electrons. The van der Waals surface area contributed by atoms with E-state index in [1.807, 2.05) is 0 Å². The van der Waals surface area contributed by atoms with Crippen LogP contribution >= 0.6 is 0 Å². The Morgan fingerprint density at radius 1 is 1.32 bits per heavy atom. The monoisotopic (exact) mass is 309 g/mol. The number of halogens is 1. The summed E-state index contributed by atoms with van der Waals surface area (Å²) in [5.41, 5.74) is 0.290. The van der Waals surface area contributed by atoms with Gasteiger partial charge in [0.25, 0.3) is 0 Å². The fourth-order valence-electron chi connectivity index (χ4n) is 2.33. The maximum Gasteiger partial charge on any atom is 0.412 e. The van der Waals surface area contributed by atoms with Gasteiger partial charge in [-0.1, -0.05) is 0 Å². The number of amides is 1. The van der Waals surface area contributed by atoms with Crippen molar-refractivity contribution in [2.45, 2.75) is 45.3 Å². The topological polar surface area (TPSA) is 62.4 Å². The highest BCUT2D eigenvalue weighted by Crippen LogP contribution is 2.22. The fourth-order valence-corrected chi connectivity index (χ4v) is 2.33. The Bertz CT molecular complexity index is 523. The summed E-state index contributed by atoms with van der Waals surface area (Å²) >= 11 is 0. The number of piperidine rings is 1. The van der Waals surface area contributed by atoms with E-state index in [-0.39, 0.29) is 5.69 Å². The molecule has 6 heteroatoms. The maximum atomic E-state index is 13.8. The molecule has 5 nitrogen and oxygen atoms in total. The summed E-state index contributed by atoms with van der Waals surface area (Å²) in [7, 11) is 0. The first-order valence-corrected chi connectivity index (χ1v) is 7.60. The molecule has 1 aromatic rings. The molecule has 3 N–H and O–H groups in total. The van der Waals surface area contributed by atoms with Crippen LogP contribution in [-0.2, 0) is 4.74 Å². The minimum absolute atomic E-state index is 0.119. The zero-order valence-electron chi connectivity index (χ0n) is 13.3. The quantitative estimate of drug-likeness (QED) is 0.801. The van der Waals surface area contributed by atoms with Gasteiger partial charge in [0.1, 0.15) is 11.4 Å². The molecule has 1 fully saturated rings. The third-order valence-electron chi connectivity index (χ3n) is 3.31. The molecule has 0 spiro atoms. The molecule has 0 atom stereocenters. The molecule has 122 valence electrons. The summed E-state index contributed by atoms with van der Waals surface area (Å²) in [6.07, 6.45) is 1.38. The molecular formula is C16H24FN3O2. The highest BCUT2D eigenvalue weighted by Gasteiger charge is 2.18. The van der Waals surface area contributed by atoms with Crippen LogP contribution in [0, 0.1) is 5.82 Å². The van der Waals surface area contributed by atoms with Crippen LogP contribution in [0.2, 0.25) is 0 Å². The van der Waals surface area contributed by atoms with E-state index >= 15 is 0 Å². The van der Waals surface area contributed by atoms with Crippen LogP contribution in [0.25, 0.3) is 0 Å². The minimum Gasteiger partial charge on any atom is -0.444 e. The molecule has 1 heterocycles. The van der Waals surface area contributed by atoms with E-state index in [0.29, 0.717) is 6.04 Å². The van der Waals surface area contributed by atoms with E-state index in [4.69, 9.17) is 4.74 Å². The van der Waals surface area contributed by atoms with E-state index < -0.39 is 17.5 Å². The lowest BCUT2D eigenvalue weighted by Gasteiger charge is -2.25. The smallest absolute Gasteiger partial charge is 0.412 e. The van der Waals surface area contributed by atoms with E-state index in [1.54, 1.807) is 32.9 Å². The van der Waals surface area contributed by atoms with E-state index in [0.717, 1.165) is 31.6 Å². The fraction of sp³-hybridized carbons (Fsp3) is 0.562. The summed E-state index contributed by atoms with van der Waals surface area (Å²) in [5.74, 6) is -0.485. The second-order valence-corrected chi connectivity index (χ2v) is 6.49. The van der Waals surface area contributed by atoms with Crippen molar-refractivity contribution in [3.63, 3.8) is 0 Å². The van der Waals surface area contributed by atoms with Gasteiger partial charge in [-0.2, -0.15) is 0 Å². The van der Waals surface area contributed by atoms with Crippen LogP contribution in [-0.4, -0.2) is 30.8 Å². The van der Waals surface area contributed by atoms with Crippen molar-refractivity contribution in [2.75, 3.05) is 23.7 Å². The third-order valence-corrected chi connectivity index (χ3v) is 3.31. The number of rotatable bonds is 3. The number of anilines is 2. The zero-order valence-corrected chi connectivity index (χ0v) is 13.3. The third kappa shape index (κ3) is 5.18. The summed E-state index contributed by atoms with van der Waals surface area (Å²) in [6, 6.07) is 4.98. The van der Waals surface area contributed by atoms with Crippen molar-refractivity contribution in [3.05, 3.63) is 24.0 Å². The largest absolute Gasteiger partial charge is 0.444 e. The standard InChI is InChI=1S/C16H24FN3O2/c1-16(2,3)22-15(21)20-14-10-12(4-5-13(14)17)19-11-6-8-18-9-7-11/h4-5,10-11,18-19H,6-9H2,1-3H3,(H,20,21). The SMILES string of the molecule is CC(C)(C)OC(=O)Nc1cc(NC2CCNCC2)ccc1F. The number of hydrogen-bond donors (Lipinski definition) is 3. The number of nitrogens with one attached hydrogen (secondary N) is 3. The van der Waals surface area contributed by atoms with E-state index in [9.17, 15) is 9.18 Å². The van der Waals surface area contributed by atoms with Gasteiger partial charge in [-0.15, -0.1) is 0 Å². The van der Waals surface area contributed by atoms with Gasteiger partial charge >= 0.3 is 6.09 Å². The number of ether oxygens (including phenoxy) is 1. The second-order valence-electron chi connectivity index (χ2n) is 6.49. The van der Waals surface area contributed by atoms with Crippen molar-refractivity contribution in [1.82, 2.24) is 5.32 Å². The maximum absolute atomic E-state index is 13.8. The summed E-state index contributed by atoms with van der Waals surface area (Å²) in [6.45, 7) is 7.23. The highest BCUT2D eigenvalue weighted by molar-refractivity contribution is 5.85. The van der Waals surface area contributed by atoms with Crippen molar-refractivity contribution < 1.29 is 13.9 Å². The van der Waals surface area contributed by atoms with Crippen molar-refractivity contribution in [3.8, 4) is 0 Å². The second kappa shape index (κ2) is 6.96. The van der Waals surface area contributed by atoms with E-state index in [2.05, 4.69) is 16.0 Å². The molecule has 22 heavy (non-hydrogen) atoms. The van der Waals surface area contributed by atoms with Crippen LogP contribution < -0.4 is 16.0 Å². The van der Waals surface area contributed by atoms with Gasteiger partial charge in [-0.05, 0) is 64.9 Å². The van der Waals surface area contributed by atoms with E-state index in [1.165, 1.54) is 6.07 Å². The Morgan fingerprint density at radius 3 is 2.64 bits per heavy atom. The molecule has 0 bridgehead atoms. The van der Waals surface area contributed by atoms with Gasteiger partial charge in [0, 0.05) is 11.7 Å². The van der Waals surface area contributed by atoms with Crippen LogP contribution in [0.5, 0.6) is 0 Å². The molecule has 2 rings (SSSR count). The van der Waals surface area contributed by atoms with Crippen LogP contribution in [0.4, 0.5) is 20.6 Å². The van der Waals surface area contributed by atoms with Crippen LogP contribution in [0.15, 0.2) is 18.2 Å². The molecule has 1 aliphatic rings.